The summed E-state index contributed by atoms with van der Waals surface area (Å²) in [5.41, 5.74) is 7.85. The van der Waals surface area contributed by atoms with Crippen LogP contribution in [0.1, 0.15) is 19.3 Å². The summed E-state index contributed by atoms with van der Waals surface area (Å²) in [4.78, 5) is 2.45. The molecule has 0 atom stereocenters. The number of hydrogen-bond donors (Lipinski definition) is 2. The van der Waals surface area contributed by atoms with Crippen LogP contribution in [0.4, 0.5) is 11.4 Å². The molecule has 3 heteroatoms. The van der Waals surface area contributed by atoms with Crippen LogP contribution in [-0.2, 0) is 0 Å². The molecule has 1 heterocycles. The first kappa shape index (κ1) is 10.3. The average Bonchev–Trinajstić information content (AvgIpc) is 2.32. The van der Waals surface area contributed by atoms with Crippen LogP contribution in [0.2, 0.25) is 0 Å². The van der Waals surface area contributed by atoms with Crippen LogP contribution < -0.4 is 16.0 Å². The van der Waals surface area contributed by atoms with Gasteiger partial charge in [0.2, 0.25) is 0 Å². The summed E-state index contributed by atoms with van der Waals surface area (Å²) in [6, 6.07) is 8.53. The van der Waals surface area contributed by atoms with Crippen LogP contribution in [0, 0.1) is 0 Å². The van der Waals surface area contributed by atoms with Crippen molar-refractivity contribution in [1.29, 1.82) is 0 Å². The van der Waals surface area contributed by atoms with Gasteiger partial charge in [-0.25, -0.2) is 0 Å². The summed E-state index contributed by atoms with van der Waals surface area (Å²) in [6.45, 7) is 2.89. The predicted molar refractivity (Wildman–Crippen MR) is 65.2 cm³/mol. The normalized spacial score (nSPS) is 16.5. The Morgan fingerprint density at radius 3 is 2.33 bits per heavy atom. The summed E-state index contributed by atoms with van der Waals surface area (Å²) in [7, 11) is 0. The third-order valence-electron chi connectivity index (χ3n) is 2.89. The maximum Gasteiger partial charge on any atom is 0.0628 e. The van der Waals surface area contributed by atoms with Gasteiger partial charge >= 0.3 is 0 Å². The zero-order valence-electron chi connectivity index (χ0n) is 9.08. The molecule has 1 aliphatic heterocycles. The Morgan fingerprint density at radius 1 is 1.07 bits per heavy atom. The van der Waals surface area contributed by atoms with Crippen LogP contribution in [0.15, 0.2) is 24.3 Å². The maximum atomic E-state index is 5.42. The Balaban J connectivity index is 2.02. The summed E-state index contributed by atoms with van der Waals surface area (Å²) in [5, 5.41) is 3.10. The van der Waals surface area contributed by atoms with E-state index in [2.05, 4.69) is 34.5 Å². The van der Waals surface area contributed by atoms with Gasteiger partial charge in [0.05, 0.1) is 6.67 Å². The molecule has 0 bridgehead atoms. The van der Waals surface area contributed by atoms with Gasteiger partial charge in [0.25, 0.3) is 0 Å². The highest BCUT2D eigenvalue weighted by Crippen LogP contribution is 2.21. The van der Waals surface area contributed by atoms with Gasteiger partial charge in [-0.05, 0) is 43.5 Å². The minimum atomic E-state index is 0.489. The minimum Gasteiger partial charge on any atom is -0.373 e. The van der Waals surface area contributed by atoms with Crippen LogP contribution in [0.5, 0.6) is 0 Å². The second-order valence-electron chi connectivity index (χ2n) is 3.98. The molecule has 0 unspecified atom stereocenters. The molecule has 0 radical (unpaired) electrons. The van der Waals surface area contributed by atoms with E-state index in [4.69, 9.17) is 5.73 Å². The summed E-state index contributed by atoms with van der Waals surface area (Å²) >= 11 is 0. The lowest BCUT2D eigenvalue weighted by Gasteiger charge is -2.28. The van der Waals surface area contributed by atoms with Gasteiger partial charge in [-0.2, -0.15) is 0 Å². The summed E-state index contributed by atoms with van der Waals surface area (Å²) in [6.07, 6.45) is 4.02. The lowest BCUT2D eigenvalue weighted by Crippen LogP contribution is -2.29. The van der Waals surface area contributed by atoms with Gasteiger partial charge in [0.1, 0.15) is 0 Å². The molecule has 1 aliphatic rings. The van der Waals surface area contributed by atoms with Crippen molar-refractivity contribution in [1.82, 2.24) is 0 Å². The van der Waals surface area contributed by atoms with Gasteiger partial charge in [0, 0.05) is 24.5 Å². The summed E-state index contributed by atoms with van der Waals surface area (Å²) in [5.74, 6) is 0. The molecule has 3 N–H and O–H groups in total. The molecule has 1 saturated heterocycles. The molecule has 0 aromatic heterocycles. The topological polar surface area (TPSA) is 41.3 Å². The molecule has 15 heavy (non-hydrogen) atoms. The second-order valence-corrected chi connectivity index (χ2v) is 3.98. The molecule has 1 aromatic rings. The molecule has 3 nitrogen and oxygen atoms in total. The first-order valence-electron chi connectivity index (χ1n) is 5.69. The Hall–Kier alpha value is -1.22. The molecule has 0 amide bonds. The molecule has 0 aliphatic carbocycles. The average molecular weight is 205 g/mol. The zero-order chi connectivity index (χ0) is 10.5. The van der Waals surface area contributed by atoms with Crippen LogP contribution in [0.3, 0.4) is 0 Å². The van der Waals surface area contributed by atoms with Crippen molar-refractivity contribution < 1.29 is 0 Å². The van der Waals surface area contributed by atoms with E-state index in [9.17, 15) is 0 Å². The number of benzene rings is 1. The third kappa shape index (κ3) is 2.63. The number of nitrogens with zero attached hydrogens (tertiary/aromatic N) is 1. The number of piperidine rings is 1. The Morgan fingerprint density at radius 2 is 1.73 bits per heavy atom. The molecule has 1 aromatic carbocycles. The van der Waals surface area contributed by atoms with E-state index < -0.39 is 0 Å². The quantitative estimate of drug-likeness (QED) is 0.742. The highest BCUT2D eigenvalue weighted by atomic mass is 15.1. The smallest absolute Gasteiger partial charge is 0.0628 e. The van der Waals surface area contributed by atoms with Crippen molar-refractivity contribution in [3.8, 4) is 0 Å². The van der Waals surface area contributed by atoms with Gasteiger partial charge in [-0.15, -0.1) is 0 Å². The van der Waals surface area contributed by atoms with Crippen molar-refractivity contribution in [3.05, 3.63) is 24.3 Å². The van der Waals surface area contributed by atoms with Crippen molar-refractivity contribution >= 4 is 11.4 Å². The van der Waals surface area contributed by atoms with E-state index in [-0.39, 0.29) is 0 Å². The fraction of sp³-hybridized carbons (Fsp3) is 0.500. The van der Waals surface area contributed by atoms with Gasteiger partial charge in [0.15, 0.2) is 0 Å². The largest absolute Gasteiger partial charge is 0.373 e. The zero-order valence-corrected chi connectivity index (χ0v) is 9.08. The lowest BCUT2D eigenvalue weighted by atomic mass is 10.1. The van der Waals surface area contributed by atoms with E-state index in [0.29, 0.717) is 6.67 Å². The Kier molecular flexibility index (Phi) is 3.45. The molecule has 0 saturated carbocycles. The lowest BCUT2D eigenvalue weighted by molar-refractivity contribution is 0.578. The van der Waals surface area contributed by atoms with Crippen molar-refractivity contribution in [2.45, 2.75) is 19.3 Å². The number of nitrogens with one attached hydrogen (secondary N) is 1. The Labute approximate surface area is 91.3 Å². The Bertz CT molecular complexity index is 288. The summed E-state index contributed by atoms with van der Waals surface area (Å²) < 4.78 is 0. The van der Waals surface area contributed by atoms with E-state index in [1.807, 2.05) is 0 Å². The van der Waals surface area contributed by atoms with E-state index in [1.165, 1.54) is 38.0 Å². The van der Waals surface area contributed by atoms with Crippen LogP contribution in [0.25, 0.3) is 0 Å². The van der Waals surface area contributed by atoms with E-state index >= 15 is 0 Å². The highest BCUT2D eigenvalue weighted by Gasteiger charge is 2.09. The third-order valence-corrected chi connectivity index (χ3v) is 2.89. The fourth-order valence-corrected chi connectivity index (χ4v) is 2.06. The molecule has 1 fully saturated rings. The second kappa shape index (κ2) is 5.03. The predicted octanol–water partition coefficient (Wildman–Crippen LogP) is 2.00. The number of hydrogen-bond acceptors (Lipinski definition) is 3. The fourth-order valence-electron chi connectivity index (χ4n) is 2.06. The van der Waals surface area contributed by atoms with Crippen molar-refractivity contribution in [2.75, 3.05) is 30.0 Å². The first-order valence-corrected chi connectivity index (χ1v) is 5.69. The number of nitrogens with two attached hydrogens (primary N) is 1. The molecule has 82 valence electrons. The molecule has 2 rings (SSSR count). The van der Waals surface area contributed by atoms with Crippen molar-refractivity contribution in [2.24, 2.45) is 5.73 Å². The molecular weight excluding hydrogens is 186 g/mol. The molecular formula is C12H19N3. The monoisotopic (exact) mass is 205 g/mol. The maximum absolute atomic E-state index is 5.42. The van der Waals surface area contributed by atoms with Gasteiger partial charge < -0.3 is 16.0 Å². The molecule has 0 spiro atoms. The van der Waals surface area contributed by atoms with Gasteiger partial charge in [-0.1, -0.05) is 0 Å². The van der Waals surface area contributed by atoms with Crippen LogP contribution in [-0.4, -0.2) is 19.8 Å². The standard InChI is InChI=1S/C12H19N3/c13-10-14-11-4-6-12(7-5-11)15-8-2-1-3-9-15/h4-7,14H,1-3,8-10,13H2. The van der Waals surface area contributed by atoms with E-state index in [0.717, 1.165) is 5.69 Å². The van der Waals surface area contributed by atoms with Crippen LogP contribution >= 0.6 is 0 Å². The first-order chi connectivity index (χ1) is 7.40. The number of rotatable bonds is 3. The highest BCUT2D eigenvalue weighted by molar-refractivity contribution is 5.55. The van der Waals surface area contributed by atoms with Crippen molar-refractivity contribution in [3.63, 3.8) is 0 Å². The SMILES string of the molecule is NCNc1ccc(N2CCCCC2)cc1. The van der Waals surface area contributed by atoms with Gasteiger partial charge in [-0.3, -0.25) is 0 Å². The van der Waals surface area contributed by atoms with E-state index in [1.54, 1.807) is 0 Å². The minimum absolute atomic E-state index is 0.489. The number of anilines is 2.